The summed E-state index contributed by atoms with van der Waals surface area (Å²) in [7, 11) is 0. The summed E-state index contributed by atoms with van der Waals surface area (Å²) in [6.45, 7) is 6.33. The molecule has 0 saturated heterocycles. The number of halogens is 1. The summed E-state index contributed by atoms with van der Waals surface area (Å²) in [5, 5.41) is 12.1. The van der Waals surface area contributed by atoms with Crippen LogP contribution in [0.3, 0.4) is 0 Å². The van der Waals surface area contributed by atoms with Gasteiger partial charge >= 0.3 is 0 Å². The van der Waals surface area contributed by atoms with E-state index < -0.39 is 0 Å². The number of aryl methyl sites for hydroxylation is 1. The molecule has 4 heteroatoms. The number of carbonyl (C=O) groups excluding carboxylic acids is 1. The monoisotopic (exact) mass is 313 g/mol. The maximum Gasteiger partial charge on any atom is 0.252 e. The summed E-state index contributed by atoms with van der Waals surface area (Å²) in [4.78, 5) is 12.0. The molecule has 18 heavy (non-hydrogen) atoms. The third kappa shape index (κ3) is 4.78. The fraction of sp³-hybridized carbons (Fsp3) is 0.500. The summed E-state index contributed by atoms with van der Waals surface area (Å²) in [6.07, 6.45) is 0.359. The number of amides is 1. The SMILES string of the molecule is Cc1ccc(C(=O)NCC(C)CC(C)O)c(Br)c1. The van der Waals surface area contributed by atoms with Crippen LogP contribution in [0.25, 0.3) is 0 Å². The minimum atomic E-state index is -0.331. The van der Waals surface area contributed by atoms with Crippen molar-refractivity contribution >= 4 is 21.8 Å². The third-order valence-electron chi connectivity index (χ3n) is 2.72. The molecule has 0 fully saturated rings. The standard InChI is InChI=1S/C14H20BrNO2/c1-9-4-5-12(13(15)7-9)14(18)16-8-10(2)6-11(3)17/h4-5,7,10-11,17H,6,8H2,1-3H3,(H,16,18). The van der Waals surface area contributed by atoms with Gasteiger partial charge in [-0.15, -0.1) is 0 Å². The van der Waals surface area contributed by atoms with Crippen molar-refractivity contribution in [2.24, 2.45) is 5.92 Å². The van der Waals surface area contributed by atoms with Crippen LogP contribution >= 0.6 is 15.9 Å². The first kappa shape index (κ1) is 15.2. The molecule has 2 unspecified atom stereocenters. The molecule has 0 aromatic heterocycles. The van der Waals surface area contributed by atoms with Crippen LogP contribution in [0.4, 0.5) is 0 Å². The first-order valence-electron chi connectivity index (χ1n) is 6.12. The van der Waals surface area contributed by atoms with Gasteiger partial charge in [0.1, 0.15) is 0 Å². The van der Waals surface area contributed by atoms with Crippen molar-refractivity contribution in [3.05, 3.63) is 33.8 Å². The van der Waals surface area contributed by atoms with Gasteiger partial charge in [-0.2, -0.15) is 0 Å². The molecule has 0 bridgehead atoms. The number of nitrogens with one attached hydrogen (secondary N) is 1. The maximum absolute atomic E-state index is 12.0. The smallest absolute Gasteiger partial charge is 0.252 e. The van der Waals surface area contributed by atoms with Crippen LogP contribution in [0.2, 0.25) is 0 Å². The molecule has 3 nitrogen and oxygen atoms in total. The summed E-state index contributed by atoms with van der Waals surface area (Å²) in [6, 6.07) is 5.65. The zero-order valence-electron chi connectivity index (χ0n) is 11.0. The van der Waals surface area contributed by atoms with Crippen molar-refractivity contribution < 1.29 is 9.90 Å². The number of carbonyl (C=O) groups is 1. The molecule has 2 N–H and O–H groups in total. The van der Waals surface area contributed by atoms with Crippen LogP contribution < -0.4 is 5.32 Å². The van der Waals surface area contributed by atoms with Gasteiger partial charge in [-0.25, -0.2) is 0 Å². The van der Waals surface area contributed by atoms with Crippen molar-refractivity contribution in [1.29, 1.82) is 0 Å². The molecule has 0 saturated carbocycles. The van der Waals surface area contributed by atoms with E-state index in [1.165, 1.54) is 0 Å². The molecular formula is C14H20BrNO2. The van der Waals surface area contributed by atoms with Crippen LogP contribution in [0.1, 0.15) is 36.2 Å². The average molecular weight is 314 g/mol. The van der Waals surface area contributed by atoms with Gasteiger partial charge in [-0.05, 0) is 59.8 Å². The van der Waals surface area contributed by atoms with Crippen LogP contribution in [0, 0.1) is 12.8 Å². The van der Waals surface area contributed by atoms with E-state index in [0.29, 0.717) is 18.5 Å². The molecule has 100 valence electrons. The second-order valence-corrected chi connectivity index (χ2v) is 5.74. The van der Waals surface area contributed by atoms with Gasteiger partial charge in [-0.1, -0.05) is 13.0 Å². The third-order valence-corrected chi connectivity index (χ3v) is 3.38. The molecule has 0 aliphatic rings. The Morgan fingerprint density at radius 1 is 1.44 bits per heavy atom. The molecule has 0 aliphatic carbocycles. The van der Waals surface area contributed by atoms with E-state index in [0.717, 1.165) is 10.0 Å². The molecule has 0 radical (unpaired) electrons. The van der Waals surface area contributed by atoms with Gasteiger partial charge in [0, 0.05) is 11.0 Å². The highest BCUT2D eigenvalue weighted by Gasteiger charge is 2.12. The molecule has 0 spiro atoms. The van der Waals surface area contributed by atoms with Crippen molar-refractivity contribution in [1.82, 2.24) is 5.32 Å². The van der Waals surface area contributed by atoms with Gasteiger partial charge in [0.15, 0.2) is 0 Å². The van der Waals surface area contributed by atoms with Gasteiger partial charge in [0.25, 0.3) is 5.91 Å². The van der Waals surface area contributed by atoms with E-state index in [1.807, 2.05) is 32.0 Å². The van der Waals surface area contributed by atoms with E-state index in [2.05, 4.69) is 21.2 Å². The lowest BCUT2D eigenvalue weighted by Crippen LogP contribution is -2.29. The zero-order chi connectivity index (χ0) is 13.7. The maximum atomic E-state index is 12.0. The van der Waals surface area contributed by atoms with Gasteiger partial charge in [0.2, 0.25) is 0 Å². The first-order chi connectivity index (χ1) is 8.40. The van der Waals surface area contributed by atoms with Gasteiger partial charge < -0.3 is 10.4 Å². The molecule has 1 aromatic carbocycles. The van der Waals surface area contributed by atoms with E-state index in [-0.39, 0.29) is 17.9 Å². The summed E-state index contributed by atoms with van der Waals surface area (Å²) in [5.74, 6) is 0.178. The molecule has 1 aromatic rings. The highest BCUT2D eigenvalue weighted by atomic mass is 79.9. The topological polar surface area (TPSA) is 49.3 Å². The van der Waals surface area contributed by atoms with Crippen molar-refractivity contribution in [2.45, 2.75) is 33.3 Å². The van der Waals surface area contributed by atoms with Gasteiger partial charge in [-0.3, -0.25) is 4.79 Å². The second-order valence-electron chi connectivity index (χ2n) is 4.88. The molecular weight excluding hydrogens is 294 g/mol. The second kappa shape index (κ2) is 6.90. The van der Waals surface area contributed by atoms with Crippen LogP contribution in [0.5, 0.6) is 0 Å². The van der Waals surface area contributed by atoms with E-state index in [1.54, 1.807) is 6.92 Å². The molecule has 1 rings (SSSR count). The van der Waals surface area contributed by atoms with E-state index >= 15 is 0 Å². The van der Waals surface area contributed by atoms with Crippen molar-refractivity contribution in [3.63, 3.8) is 0 Å². The minimum absolute atomic E-state index is 0.0840. The minimum Gasteiger partial charge on any atom is -0.393 e. The number of rotatable bonds is 5. The number of aliphatic hydroxyl groups is 1. The number of aliphatic hydroxyl groups excluding tert-OH is 1. The largest absolute Gasteiger partial charge is 0.393 e. The predicted octanol–water partition coefficient (Wildman–Crippen LogP) is 2.89. The quantitative estimate of drug-likeness (QED) is 0.878. The Balaban J connectivity index is 2.55. The van der Waals surface area contributed by atoms with Crippen LogP contribution in [0.15, 0.2) is 22.7 Å². The molecule has 1 amide bonds. The number of hydrogen-bond donors (Lipinski definition) is 2. The molecule has 0 aliphatic heterocycles. The molecule has 0 heterocycles. The van der Waals surface area contributed by atoms with Gasteiger partial charge in [0.05, 0.1) is 11.7 Å². The lowest BCUT2D eigenvalue weighted by atomic mass is 10.0. The zero-order valence-corrected chi connectivity index (χ0v) is 12.6. The Labute approximate surface area is 117 Å². The highest BCUT2D eigenvalue weighted by molar-refractivity contribution is 9.10. The fourth-order valence-electron chi connectivity index (χ4n) is 1.83. The molecule has 2 atom stereocenters. The average Bonchev–Trinajstić information content (AvgIpc) is 2.25. The van der Waals surface area contributed by atoms with Crippen LogP contribution in [-0.2, 0) is 0 Å². The first-order valence-corrected chi connectivity index (χ1v) is 6.92. The van der Waals surface area contributed by atoms with Crippen LogP contribution in [-0.4, -0.2) is 23.7 Å². The number of hydrogen-bond acceptors (Lipinski definition) is 2. The Kier molecular flexibility index (Phi) is 5.82. The highest BCUT2D eigenvalue weighted by Crippen LogP contribution is 2.18. The van der Waals surface area contributed by atoms with Crippen molar-refractivity contribution in [3.8, 4) is 0 Å². The summed E-state index contributed by atoms with van der Waals surface area (Å²) >= 11 is 3.39. The fourth-order valence-corrected chi connectivity index (χ4v) is 2.51. The van der Waals surface area contributed by atoms with E-state index in [4.69, 9.17) is 0 Å². The Hall–Kier alpha value is -0.870. The predicted molar refractivity (Wildman–Crippen MR) is 76.7 cm³/mol. The number of benzene rings is 1. The summed E-state index contributed by atoms with van der Waals surface area (Å²) < 4.78 is 0.808. The van der Waals surface area contributed by atoms with Crippen molar-refractivity contribution in [2.75, 3.05) is 6.54 Å². The Morgan fingerprint density at radius 3 is 2.67 bits per heavy atom. The summed E-state index contributed by atoms with van der Waals surface area (Å²) in [5.41, 5.74) is 1.76. The lowest BCUT2D eigenvalue weighted by molar-refractivity contribution is 0.0938. The normalized spacial score (nSPS) is 14.1. The lowest BCUT2D eigenvalue weighted by Gasteiger charge is -2.14. The van der Waals surface area contributed by atoms with E-state index in [9.17, 15) is 9.90 Å². The Morgan fingerprint density at radius 2 is 2.11 bits per heavy atom. The Bertz CT molecular complexity index is 418.